The lowest BCUT2D eigenvalue weighted by Gasteiger charge is -2.21. The van der Waals surface area contributed by atoms with Crippen LogP contribution in [0.15, 0.2) is 57.8 Å². The van der Waals surface area contributed by atoms with Gasteiger partial charge in [-0.1, -0.05) is 35.5 Å². The molecule has 9 heteroatoms. The van der Waals surface area contributed by atoms with Gasteiger partial charge in [0, 0.05) is 18.4 Å². The van der Waals surface area contributed by atoms with Crippen LogP contribution in [0, 0.1) is 6.92 Å². The predicted octanol–water partition coefficient (Wildman–Crippen LogP) is 3.21. The molecule has 1 amide bonds. The standard InChI is InChI=1S/C24H23N5O4/c1-15-6-4-7-16(14-15)32-13-11-20-25-23(33-28-20)19-10-5-12-29(19)24(31)21-17-8-2-3-9-18(17)22(30)27-26-21/h2-4,6-9,14,19H,5,10-13H2,1H3,(H,27,30). The number of aryl methyl sites for hydroxylation is 1. The lowest BCUT2D eigenvalue weighted by atomic mass is 10.1. The van der Waals surface area contributed by atoms with Crippen LogP contribution in [-0.2, 0) is 6.42 Å². The first-order valence-electron chi connectivity index (χ1n) is 10.9. The largest absolute Gasteiger partial charge is 0.493 e. The number of likely N-dealkylation sites (tertiary alicyclic amines) is 1. The van der Waals surface area contributed by atoms with Crippen molar-refractivity contribution in [1.82, 2.24) is 25.2 Å². The summed E-state index contributed by atoms with van der Waals surface area (Å²) >= 11 is 0. The van der Waals surface area contributed by atoms with E-state index in [4.69, 9.17) is 9.26 Å². The number of nitrogens with zero attached hydrogens (tertiary/aromatic N) is 4. The maximum atomic E-state index is 13.4. The Labute approximate surface area is 189 Å². The average molecular weight is 445 g/mol. The van der Waals surface area contributed by atoms with E-state index in [1.165, 1.54) is 0 Å². The molecule has 0 aliphatic carbocycles. The molecule has 1 atom stereocenters. The van der Waals surface area contributed by atoms with Gasteiger partial charge in [0.25, 0.3) is 11.5 Å². The second-order valence-corrected chi connectivity index (χ2v) is 8.07. The molecule has 33 heavy (non-hydrogen) atoms. The van der Waals surface area contributed by atoms with Gasteiger partial charge in [-0.2, -0.15) is 10.1 Å². The van der Waals surface area contributed by atoms with Gasteiger partial charge >= 0.3 is 0 Å². The van der Waals surface area contributed by atoms with Gasteiger partial charge in [-0.25, -0.2) is 5.10 Å². The first kappa shape index (κ1) is 20.9. The highest BCUT2D eigenvalue weighted by atomic mass is 16.5. The van der Waals surface area contributed by atoms with Gasteiger partial charge < -0.3 is 14.2 Å². The number of H-pyrrole nitrogens is 1. The van der Waals surface area contributed by atoms with Crippen LogP contribution in [0.25, 0.3) is 10.8 Å². The van der Waals surface area contributed by atoms with Crippen molar-refractivity contribution in [1.29, 1.82) is 0 Å². The van der Waals surface area contributed by atoms with E-state index in [9.17, 15) is 9.59 Å². The molecule has 2 aromatic heterocycles. The summed E-state index contributed by atoms with van der Waals surface area (Å²) in [6.07, 6.45) is 2.02. The zero-order chi connectivity index (χ0) is 22.8. The summed E-state index contributed by atoms with van der Waals surface area (Å²) in [6.45, 7) is 2.98. The quantitative estimate of drug-likeness (QED) is 0.485. The van der Waals surface area contributed by atoms with Crippen LogP contribution in [0.5, 0.6) is 5.75 Å². The number of benzene rings is 2. The Bertz CT molecular complexity index is 1360. The van der Waals surface area contributed by atoms with E-state index in [1.54, 1.807) is 29.2 Å². The number of aromatic nitrogens is 4. The topological polar surface area (TPSA) is 114 Å². The number of ether oxygens (including phenoxy) is 1. The molecule has 4 aromatic rings. The molecule has 0 bridgehead atoms. The zero-order valence-electron chi connectivity index (χ0n) is 18.2. The number of carbonyl (C=O) groups excluding carboxylic acids is 1. The van der Waals surface area contributed by atoms with Crippen molar-refractivity contribution >= 4 is 16.7 Å². The van der Waals surface area contributed by atoms with Crippen LogP contribution in [0.3, 0.4) is 0 Å². The minimum Gasteiger partial charge on any atom is -0.493 e. The maximum Gasteiger partial charge on any atom is 0.275 e. The Balaban J connectivity index is 1.30. The van der Waals surface area contributed by atoms with Crippen LogP contribution in [-0.4, -0.2) is 44.3 Å². The van der Waals surface area contributed by atoms with Gasteiger partial charge in [0.15, 0.2) is 11.5 Å². The number of amides is 1. The molecule has 9 nitrogen and oxygen atoms in total. The first-order chi connectivity index (χ1) is 16.1. The fraction of sp³-hybridized carbons (Fsp3) is 0.292. The third-order valence-electron chi connectivity index (χ3n) is 5.77. The van der Waals surface area contributed by atoms with Gasteiger partial charge in [-0.05, 0) is 43.5 Å². The van der Waals surface area contributed by atoms with Crippen molar-refractivity contribution in [3.8, 4) is 5.75 Å². The van der Waals surface area contributed by atoms with Gasteiger partial charge in [-0.3, -0.25) is 9.59 Å². The molecule has 1 saturated heterocycles. The number of aromatic amines is 1. The molecule has 2 aromatic carbocycles. The van der Waals surface area contributed by atoms with Crippen molar-refractivity contribution in [3.63, 3.8) is 0 Å². The molecule has 1 unspecified atom stereocenters. The van der Waals surface area contributed by atoms with E-state index >= 15 is 0 Å². The summed E-state index contributed by atoms with van der Waals surface area (Å²) in [6, 6.07) is 14.5. The molecule has 5 rings (SSSR count). The second kappa shape index (κ2) is 8.85. The third kappa shape index (κ3) is 4.21. The summed E-state index contributed by atoms with van der Waals surface area (Å²) in [7, 11) is 0. The third-order valence-corrected chi connectivity index (χ3v) is 5.77. The predicted molar refractivity (Wildman–Crippen MR) is 120 cm³/mol. The normalized spacial score (nSPS) is 15.8. The lowest BCUT2D eigenvalue weighted by Crippen LogP contribution is -2.32. The van der Waals surface area contributed by atoms with Crippen molar-refractivity contribution in [2.45, 2.75) is 32.2 Å². The summed E-state index contributed by atoms with van der Waals surface area (Å²) in [5, 5.41) is 11.5. The van der Waals surface area contributed by atoms with Gasteiger partial charge in [0.05, 0.1) is 12.0 Å². The van der Waals surface area contributed by atoms with Crippen LogP contribution in [0.2, 0.25) is 0 Å². The molecule has 1 fully saturated rings. The number of fused-ring (bicyclic) bond motifs is 1. The number of carbonyl (C=O) groups is 1. The fourth-order valence-electron chi connectivity index (χ4n) is 4.15. The maximum absolute atomic E-state index is 13.4. The molecule has 0 saturated carbocycles. The Kier molecular flexibility index (Phi) is 5.60. The summed E-state index contributed by atoms with van der Waals surface area (Å²) < 4.78 is 11.3. The van der Waals surface area contributed by atoms with E-state index in [0.717, 1.165) is 17.7 Å². The average Bonchev–Trinajstić information content (AvgIpc) is 3.49. The van der Waals surface area contributed by atoms with Crippen molar-refractivity contribution < 1.29 is 14.1 Å². The highest BCUT2D eigenvalue weighted by Crippen LogP contribution is 2.32. The van der Waals surface area contributed by atoms with Crippen molar-refractivity contribution in [3.05, 3.63) is 81.9 Å². The van der Waals surface area contributed by atoms with Crippen LogP contribution in [0.4, 0.5) is 0 Å². The minimum absolute atomic E-state index is 0.211. The molecule has 168 valence electrons. The van der Waals surface area contributed by atoms with E-state index in [1.807, 2.05) is 31.2 Å². The Morgan fingerprint density at radius 2 is 2.06 bits per heavy atom. The summed E-state index contributed by atoms with van der Waals surface area (Å²) in [4.78, 5) is 31.6. The zero-order valence-corrected chi connectivity index (χ0v) is 18.2. The second-order valence-electron chi connectivity index (χ2n) is 8.07. The molecule has 0 spiro atoms. The van der Waals surface area contributed by atoms with Gasteiger partial charge in [-0.15, -0.1) is 0 Å². The lowest BCUT2D eigenvalue weighted by molar-refractivity contribution is 0.0705. The van der Waals surface area contributed by atoms with Crippen molar-refractivity contribution in [2.24, 2.45) is 0 Å². The highest BCUT2D eigenvalue weighted by molar-refractivity contribution is 6.04. The molecule has 1 aliphatic rings. The summed E-state index contributed by atoms with van der Waals surface area (Å²) in [5.74, 6) is 1.46. The van der Waals surface area contributed by atoms with E-state index in [-0.39, 0.29) is 23.2 Å². The highest BCUT2D eigenvalue weighted by Gasteiger charge is 2.35. The SMILES string of the molecule is Cc1cccc(OCCc2noc(C3CCCN3C(=O)c3n[nH]c(=O)c4ccccc34)n2)c1. The summed E-state index contributed by atoms with van der Waals surface area (Å²) in [5.41, 5.74) is 1.02. The fourth-order valence-corrected chi connectivity index (χ4v) is 4.15. The van der Waals surface area contributed by atoms with Gasteiger partial charge in [0.1, 0.15) is 11.8 Å². The molecule has 1 N–H and O–H groups in total. The first-order valence-corrected chi connectivity index (χ1v) is 10.9. The molecular weight excluding hydrogens is 422 g/mol. The van der Waals surface area contributed by atoms with Crippen LogP contribution in [0.1, 0.15) is 46.7 Å². The molecule has 1 aliphatic heterocycles. The molecule has 3 heterocycles. The Morgan fingerprint density at radius 1 is 1.21 bits per heavy atom. The van der Waals surface area contributed by atoms with Crippen LogP contribution < -0.4 is 10.3 Å². The smallest absolute Gasteiger partial charge is 0.275 e. The molecule has 0 radical (unpaired) electrons. The Morgan fingerprint density at radius 3 is 2.91 bits per heavy atom. The van der Waals surface area contributed by atoms with Gasteiger partial charge in [0.2, 0.25) is 5.89 Å². The number of hydrogen-bond acceptors (Lipinski definition) is 7. The number of nitrogens with one attached hydrogen (secondary N) is 1. The van der Waals surface area contributed by atoms with Crippen LogP contribution >= 0.6 is 0 Å². The van der Waals surface area contributed by atoms with Crippen molar-refractivity contribution in [2.75, 3.05) is 13.2 Å². The number of hydrogen-bond donors (Lipinski definition) is 1. The molecular formula is C24H23N5O4. The van der Waals surface area contributed by atoms with E-state index in [0.29, 0.717) is 48.5 Å². The van der Waals surface area contributed by atoms with E-state index in [2.05, 4.69) is 20.3 Å². The minimum atomic E-state index is -0.330. The van der Waals surface area contributed by atoms with E-state index < -0.39 is 0 Å². The number of rotatable bonds is 6. The monoisotopic (exact) mass is 445 g/mol. The Hall–Kier alpha value is -4.01.